The number of rotatable bonds is 7. The first kappa shape index (κ1) is 20.4. The third-order valence-electron chi connectivity index (χ3n) is 5.24. The van der Waals surface area contributed by atoms with E-state index in [1.807, 2.05) is 0 Å². The number of benzene rings is 2. The van der Waals surface area contributed by atoms with Gasteiger partial charge < -0.3 is 4.43 Å². The molecule has 0 fully saturated rings. The van der Waals surface area contributed by atoms with E-state index >= 15 is 0 Å². The Labute approximate surface area is 167 Å². The van der Waals surface area contributed by atoms with E-state index in [4.69, 9.17) is 4.43 Å². The van der Waals surface area contributed by atoms with Crippen LogP contribution >= 0.6 is 7.92 Å². The lowest BCUT2D eigenvalue weighted by Gasteiger charge is -2.31. The van der Waals surface area contributed by atoms with Crippen LogP contribution in [0.3, 0.4) is 0 Å². The third kappa shape index (κ3) is 4.55. The molecule has 3 rings (SSSR count). The molecule has 0 saturated carbocycles. The first-order chi connectivity index (χ1) is 12.8. The standard InChI is InChI=1S/C24H33OPSi/c1-7-26(8-2)24(19-15-13-18(3)14-16-19)22-17-20-11-9-10-12-21(20)23(22)25-27(4,5)6/h9-16,24H,7-8,17H2,1-6H3. The van der Waals surface area contributed by atoms with Crippen molar-refractivity contribution in [2.75, 3.05) is 12.3 Å². The molecule has 0 saturated heterocycles. The van der Waals surface area contributed by atoms with Gasteiger partial charge in [0.05, 0.1) is 0 Å². The van der Waals surface area contributed by atoms with Crippen molar-refractivity contribution < 1.29 is 4.43 Å². The Kier molecular flexibility index (Phi) is 6.28. The Bertz CT molecular complexity index is 813. The van der Waals surface area contributed by atoms with Gasteiger partial charge in [-0.15, -0.1) is 0 Å². The molecule has 0 N–H and O–H groups in total. The maximum Gasteiger partial charge on any atom is 0.242 e. The molecule has 0 aliphatic heterocycles. The quantitative estimate of drug-likeness (QED) is 0.350. The average Bonchev–Trinajstić information content (AvgIpc) is 2.97. The molecule has 1 aliphatic carbocycles. The summed E-state index contributed by atoms with van der Waals surface area (Å²) in [5.74, 6) is 1.20. The molecule has 0 bridgehead atoms. The van der Waals surface area contributed by atoms with Crippen molar-refractivity contribution in [1.29, 1.82) is 0 Å². The summed E-state index contributed by atoms with van der Waals surface area (Å²) in [4.78, 5) is 0. The summed E-state index contributed by atoms with van der Waals surface area (Å²) >= 11 is 0. The van der Waals surface area contributed by atoms with Gasteiger partial charge in [-0.2, -0.15) is 0 Å². The van der Waals surface area contributed by atoms with Crippen LogP contribution in [0.5, 0.6) is 0 Å². The van der Waals surface area contributed by atoms with Crippen molar-refractivity contribution in [2.24, 2.45) is 0 Å². The van der Waals surface area contributed by atoms with Gasteiger partial charge in [-0.1, -0.05) is 75.9 Å². The maximum absolute atomic E-state index is 6.73. The molecule has 3 heteroatoms. The van der Waals surface area contributed by atoms with Gasteiger partial charge in [0.2, 0.25) is 8.32 Å². The van der Waals surface area contributed by atoms with Crippen molar-refractivity contribution >= 4 is 22.0 Å². The van der Waals surface area contributed by atoms with Crippen molar-refractivity contribution in [2.45, 2.75) is 52.5 Å². The summed E-state index contributed by atoms with van der Waals surface area (Å²) in [7, 11) is -1.80. The second kappa shape index (κ2) is 8.33. The molecule has 144 valence electrons. The van der Waals surface area contributed by atoms with Crippen LogP contribution in [0, 0.1) is 6.92 Å². The number of hydrogen-bond acceptors (Lipinski definition) is 1. The van der Waals surface area contributed by atoms with Gasteiger partial charge in [-0.05, 0) is 62.0 Å². The Hall–Kier alpha value is -1.37. The van der Waals surface area contributed by atoms with E-state index in [9.17, 15) is 0 Å². The number of allylic oxidation sites excluding steroid dienone is 1. The molecule has 0 amide bonds. The molecule has 0 spiro atoms. The van der Waals surface area contributed by atoms with Crippen LogP contribution in [0.2, 0.25) is 19.6 Å². The molecule has 1 nitrogen and oxygen atoms in total. The van der Waals surface area contributed by atoms with Gasteiger partial charge in [-0.25, -0.2) is 0 Å². The second-order valence-electron chi connectivity index (χ2n) is 8.44. The first-order valence-electron chi connectivity index (χ1n) is 10.1. The molecule has 27 heavy (non-hydrogen) atoms. The van der Waals surface area contributed by atoms with Crippen molar-refractivity contribution in [3.63, 3.8) is 0 Å². The molecule has 0 aromatic heterocycles. The summed E-state index contributed by atoms with van der Waals surface area (Å²) in [5, 5.41) is 0. The monoisotopic (exact) mass is 396 g/mol. The highest BCUT2D eigenvalue weighted by molar-refractivity contribution is 7.58. The van der Waals surface area contributed by atoms with Crippen LogP contribution in [-0.2, 0) is 10.8 Å². The molecular weight excluding hydrogens is 363 g/mol. The largest absolute Gasteiger partial charge is 0.544 e. The Morgan fingerprint density at radius 1 is 0.963 bits per heavy atom. The predicted molar refractivity (Wildman–Crippen MR) is 123 cm³/mol. The Morgan fingerprint density at radius 2 is 1.59 bits per heavy atom. The molecule has 0 radical (unpaired) electrons. The van der Waals surface area contributed by atoms with Crippen LogP contribution in [0.4, 0.5) is 0 Å². The highest BCUT2D eigenvalue weighted by Gasteiger charge is 2.34. The van der Waals surface area contributed by atoms with Gasteiger partial charge >= 0.3 is 0 Å². The molecule has 0 heterocycles. The van der Waals surface area contributed by atoms with Crippen LogP contribution in [0.25, 0.3) is 5.76 Å². The van der Waals surface area contributed by atoms with Crippen molar-refractivity contribution in [3.8, 4) is 0 Å². The lowest BCUT2D eigenvalue weighted by molar-refractivity contribution is 0.510. The van der Waals surface area contributed by atoms with Gasteiger partial charge in [-0.3, -0.25) is 0 Å². The zero-order valence-corrected chi connectivity index (χ0v) is 19.6. The smallest absolute Gasteiger partial charge is 0.242 e. The summed E-state index contributed by atoms with van der Waals surface area (Å²) < 4.78 is 6.73. The molecule has 2 aromatic carbocycles. The van der Waals surface area contributed by atoms with E-state index in [0.717, 1.165) is 6.42 Å². The molecule has 1 atom stereocenters. The number of aryl methyl sites for hydroxylation is 1. The lowest BCUT2D eigenvalue weighted by atomic mass is 10.0. The fourth-order valence-corrected chi connectivity index (χ4v) is 7.25. The normalized spacial score (nSPS) is 15.2. The average molecular weight is 397 g/mol. The zero-order valence-electron chi connectivity index (χ0n) is 17.7. The van der Waals surface area contributed by atoms with E-state index in [1.54, 1.807) is 0 Å². The lowest BCUT2D eigenvalue weighted by Crippen LogP contribution is -2.25. The fourth-order valence-electron chi connectivity index (χ4n) is 3.97. The maximum atomic E-state index is 6.73. The van der Waals surface area contributed by atoms with Gasteiger partial charge in [0.15, 0.2) is 0 Å². The summed E-state index contributed by atoms with van der Waals surface area (Å²) in [5.41, 5.74) is 7.58. The van der Waals surface area contributed by atoms with Crippen LogP contribution in [-0.4, -0.2) is 20.6 Å². The summed E-state index contributed by atoms with van der Waals surface area (Å²) in [6, 6.07) is 18.1. The first-order valence-corrected chi connectivity index (χ1v) is 15.3. The minimum Gasteiger partial charge on any atom is -0.544 e. The number of hydrogen-bond donors (Lipinski definition) is 0. The molecule has 2 aromatic rings. The highest BCUT2D eigenvalue weighted by Crippen LogP contribution is 2.58. The minimum absolute atomic E-state index is 0.110. The van der Waals surface area contributed by atoms with Gasteiger partial charge in [0, 0.05) is 11.2 Å². The highest BCUT2D eigenvalue weighted by atomic mass is 31.1. The van der Waals surface area contributed by atoms with Gasteiger partial charge in [0.25, 0.3) is 0 Å². The van der Waals surface area contributed by atoms with E-state index in [2.05, 4.69) is 88.9 Å². The van der Waals surface area contributed by atoms with Crippen molar-refractivity contribution in [1.82, 2.24) is 0 Å². The topological polar surface area (TPSA) is 9.23 Å². The van der Waals surface area contributed by atoms with Crippen molar-refractivity contribution in [3.05, 3.63) is 76.4 Å². The third-order valence-corrected chi connectivity index (χ3v) is 9.02. The number of fused-ring (bicyclic) bond motifs is 1. The fraction of sp³-hybridized carbons (Fsp3) is 0.417. The Morgan fingerprint density at radius 3 is 2.19 bits per heavy atom. The van der Waals surface area contributed by atoms with E-state index in [0.29, 0.717) is 5.66 Å². The van der Waals surface area contributed by atoms with E-state index < -0.39 is 8.32 Å². The van der Waals surface area contributed by atoms with Gasteiger partial charge in [0.1, 0.15) is 5.76 Å². The van der Waals surface area contributed by atoms with Crippen LogP contribution in [0.15, 0.2) is 54.1 Å². The summed E-state index contributed by atoms with van der Waals surface area (Å²) in [6.07, 6.45) is 3.54. The second-order valence-corrected chi connectivity index (χ2v) is 15.8. The molecule has 1 aliphatic rings. The Balaban J connectivity index is 2.15. The van der Waals surface area contributed by atoms with E-state index in [1.165, 1.54) is 45.9 Å². The zero-order chi connectivity index (χ0) is 19.6. The SMILES string of the molecule is CCP(CC)C(C1=C(O[Si](C)(C)C)c2ccccc2C1)c1ccc(C)cc1. The van der Waals surface area contributed by atoms with E-state index in [-0.39, 0.29) is 7.92 Å². The van der Waals surface area contributed by atoms with Crippen LogP contribution < -0.4 is 0 Å². The molecule has 1 unspecified atom stereocenters. The minimum atomic E-state index is -1.69. The summed E-state index contributed by atoms with van der Waals surface area (Å²) in [6.45, 7) is 13.8. The predicted octanol–water partition coefficient (Wildman–Crippen LogP) is 7.38. The molecular formula is C24H33OPSi. The van der Waals surface area contributed by atoms with Crippen LogP contribution in [0.1, 0.15) is 41.8 Å².